The van der Waals surface area contributed by atoms with Gasteiger partial charge in [0.2, 0.25) is 5.91 Å². The smallest absolute Gasteiger partial charge is 0.235 e. The molecule has 160 valence electrons. The predicted octanol–water partition coefficient (Wildman–Crippen LogP) is 2.93. The number of carbonyl (C=O) groups is 2. The molecule has 0 aromatic carbocycles. The first kappa shape index (κ1) is 22.0. The van der Waals surface area contributed by atoms with Crippen molar-refractivity contribution in [2.45, 2.75) is 72.1 Å². The first-order valence-electron chi connectivity index (χ1n) is 10.8. The Kier molecular flexibility index (Phi) is 6.21. The molecular weight excluding hydrogens is 366 g/mol. The average molecular weight is 402 g/mol. The number of carbonyl (C=O) groups excluding carboxylic acids is 2. The number of nitrogens with one attached hydrogen (secondary N) is 1. The van der Waals surface area contributed by atoms with Crippen molar-refractivity contribution in [3.05, 3.63) is 35.5 Å². The van der Waals surface area contributed by atoms with Crippen LogP contribution in [0.4, 0.5) is 0 Å². The first-order chi connectivity index (χ1) is 13.6. The summed E-state index contributed by atoms with van der Waals surface area (Å²) in [5.74, 6) is -0.455. The minimum Gasteiger partial charge on any atom is -0.390 e. The highest BCUT2D eigenvalue weighted by Crippen LogP contribution is 2.55. The van der Waals surface area contributed by atoms with Crippen molar-refractivity contribution >= 4 is 11.7 Å². The summed E-state index contributed by atoms with van der Waals surface area (Å²) in [6, 6.07) is -0.0599. The molecule has 1 aliphatic heterocycles. The van der Waals surface area contributed by atoms with Crippen molar-refractivity contribution in [2.75, 3.05) is 0 Å². The molecule has 2 aliphatic carbocycles. The lowest BCUT2D eigenvalue weighted by Gasteiger charge is -2.44. The first-order valence-corrected chi connectivity index (χ1v) is 10.8. The Hall–Kier alpha value is -1.72. The molecule has 0 bridgehead atoms. The summed E-state index contributed by atoms with van der Waals surface area (Å²) in [7, 11) is 0. The van der Waals surface area contributed by atoms with Crippen LogP contribution in [-0.4, -0.2) is 40.2 Å². The lowest BCUT2D eigenvalue weighted by molar-refractivity contribution is -0.142. The second-order valence-corrected chi connectivity index (χ2v) is 9.66. The molecule has 1 amide bonds. The Labute approximate surface area is 174 Å². The van der Waals surface area contributed by atoms with Gasteiger partial charge in [0.25, 0.3) is 0 Å². The molecule has 29 heavy (non-hydrogen) atoms. The average Bonchev–Trinajstić information content (AvgIpc) is 2.93. The Morgan fingerprint density at radius 1 is 1.21 bits per heavy atom. The van der Waals surface area contributed by atoms with Crippen molar-refractivity contribution < 1.29 is 19.8 Å². The van der Waals surface area contributed by atoms with E-state index in [9.17, 15) is 19.8 Å². The fraction of sp³-hybridized carbons (Fsp3) is 0.667. The van der Waals surface area contributed by atoms with Crippen LogP contribution >= 0.6 is 0 Å². The topological polar surface area (TPSA) is 86.6 Å². The molecule has 7 unspecified atom stereocenters. The maximum atomic E-state index is 13.6. The molecule has 1 fully saturated rings. The third kappa shape index (κ3) is 3.75. The number of allylic oxidation sites excluding steroid dienone is 5. The maximum Gasteiger partial charge on any atom is 0.235 e. The number of hydrogen-bond acceptors (Lipinski definition) is 4. The van der Waals surface area contributed by atoms with Gasteiger partial charge >= 0.3 is 0 Å². The molecule has 0 radical (unpaired) electrons. The summed E-state index contributed by atoms with van der Waals surface area (Å²) in [6.07, 6.45) is 6.60. The standard InChI is InChI=1S/C24H35NO4/c1-13(2)10-18-22-16(5)15(4)12-17-11-14(3)6-7-19(26)20(27)8-9-21(28)24(17,22)23(29)25-18/h8-9,11-13,16-20,22,26-27H,6-7,10H2,1-5H3,(H,25,29)/b9-8-,14-11-. The number of aliphatic hydroxyl groups excluding tert-OH is 2. The zero-order valence-electron chi connectivity index (χ0n) is 18.2. The lowest BCUT2D eigenvalue weighted by Crippen LogP contribution is -2.51. The van der Waals surface area contributed by atoms with Gasteiger partial charge in [-0.3, -0.25) is 9.59 Å². The van der Waals surface area contributed by atoms with E-state index in [-0.39, 0.29) is 35.5 Å². The van der Waals surface area contributed by atoms with Gasteiger partial charge in [0.1, 0.15) is 5.41 Å². The molecule has 3 aliphatic rings. The van der Waals surface area contributed by atoms with Gasteiger partial charge in [-0.05, 0) is 51.0 Å². The van der Waals surface area contributed by atoms with Gasteiger partial charge in [0.15, 0.2) is 5.78 Å². The van der Waals surface area contributed by atoms with E-state index in [0.29, 0.717) is 18.8 Å². The van der Waals surface area contributed by atoms with Crippen molar-refractivity contribution in [1.29, 1.82) is 0 Å². The SMILES string of the molecule is CC1=CC2/C=C(/C)CCC(O)C(O)/C=C\C(=O)C23C(=O)NC(CC(C)C)C3C1C. The number of aliphatic hydroxyl groups is 2. The Morgan fingerprint density at radius 2 is 1.90 bits per heavy atom. The number of ketones is 1. The molecule has 5 nitrogen and oxygen atoms in total. The molecule has 5 heteroatoms. The Balaban J connectivity index is 2.20. The van der Waals surface area contributed by atoms with E-state index in [1.807, 2.05) is 13.0 Å². The summed E-state index contributed by atoms with van der Waals surface area (Å²) in [5.41, 5.74) is 1.02. The fourth-order valence-corrected chi connectivity index (χ4v) is 5.53. The second-order valence-electron chi connectivity index (χ2n) is 9.66. The maximum absolute atomic E-state index is 13.6. The van der Waals surface area contributed by atoms with Gasteiger partial charge in [-0.1, -0.05) is 50.1 Å². The van der Waals surface area contributed by atoms with Crippen LogP contribution in [0.3, 0.4) is 0 Å². The summed E-state index contributed by atoms with van der Waals surface area (Å²) in [6.45, 7) is 10.4. The molecule has 0 saturated carbocycles. The number of hydrogen-bond donors (Lipinski definition) is 3. The molecule has 1 spiro atoms. The van der Waals surface area contributed by atoms with E-state index >= 15 is 0 Å². The van der Waals surface area contributed by atoms with Crippen molar-refractivity contribution in [1.82, 2.24) is 5.32 Å². The van der Waals surface area contributed by atoms with Crippen LogP contribution in [0, 0.1) is 29.1 Å². The third-order valence-electron chi connectivity index (χ3n) is 7.15. The van der Waals surface area contributed by atoms with Gasteiger partial charge in [0.05, 0.1) is 12.2 Å². The summed E-state index contributed by atoms with van der Waals surface area (Å²) >= 11 is 0. The van der Waals surface area contributed by atoms with Crippen LogP contribution in [0.5, 0.6) is 0 Å². The van der Waals surface area contributed by atoms with Gasteiger partial charge in [-0.2, -0.15) is 0 Å². The van der Waals surface area contributed by atoms with E-state index in [0.717, 1.165) is 12.0 Å². The number of amides is 1. The van der Waals surface area contributed by atoms with Crippen LogP contribution in [0.2, 0.25) is 0 Å². The minimum absolute atomic E-state index is 0.0599. The van der Waals surface area contributed by atoms with Gasteiger partial charge in [-0.15, -0.1) is 0 Å². The fourth-order valence-electron chi connectivity index (χ4n) is 5.53. The Morgan fingerprint density at radius 3 is 2.55 bits per heavy atom. The minimum atomic E-state index is -1.20. The van der Waals surface area contributed by atoms with Crippen LogP contribution in [0.25, 0.3) is 0 Å². The highest BCUT2D eigenvalue weighted by Gasteiger charge is 2.64. The Bertz CT molecular complexity index is 765. The van der Waals surface area contributed by atoms with E-state index in [2.05, 4.69) is 39.1 Å². The van der Waals surface area contributed by atoms with Gasteiger partial charge < -0.3 is 15.5 Å². The molecule has 1 heterocycles. The van der Waals surface area contributed by atoms with Crippen LogP contribution in [0.1, 0.15) is 53.9 Å². The third-order valence-corrected chi connectivity index (χ3v) is 7.15. The quantitative estimate of drug-likeness (QED) is 0.490. The molecule has 3 rings (SSSR count). The van der Waals surface area contributed by atoms with Crippen molar-refractivity contribution in [3.8, 4) is 0 Å². The van der Waals surface area contributed by atoms with Crippen molar-refractivity contribution in [2.24, 2.45) is 29.1 Å². The summed E-state index contributed by atoms with van der Waals surface area (Å²) in [4.78, 5) is 27.1. The van der Waals surface area contributed by atoms with E-state index in [4.69, 9.17) is 0 Å². The molecule has 0 aromatic heterocycles. The van der Waals surface area contributed by atoms with Gasteiger partial charge in [0, 0.05) is 17.9 Å². The van der Waals surface area contributed by atoms with Crippen molar-refractivity contribution in [3.63, 3.8) is 0 Å². The molecule has 0 aromatic rings. The molecule has 1 saturated heterocycles. The van der Waals surface area contributed by atoms with E-state index in [1.165, 1.54) is 17.7 Å². The van der Waals surface area contributed by atoms with Crippen LogP contribution < -0.4 is 5.32 Å². The highest BCUT2D eigenvalue weighted by atomic mass is 16.3. The normalized spacial score (nSPS) is 43.4. The lowest BCUT2D eigenvalue weighted by atomic mass is 9.55. The van der Waals surface area contributed by atoms with Crippen LogP contribution in [0.15, 0.2) is 35.5 Å². The summed E-state index contributed by atoms with van der Waals surface area (Å²) < 4.78 is 0. The van der Waals surface area contributed by atoms with Gasteiger partial charge in [-0.25, -0.2) is 0 Å². The highest BCUT2D eigenvalue weighted by molar-refractivity contribution is 6.13. The molecular formula is C24H35NO4. The second kappa shape index (κ2) is 8.19. The molecule has 7 atom stereocenters. The van der Waals surface area contributed by atoms with E-state index < -0.39 is 17.6 Å². The largest absolute Gasteiger partial charge is 0.390 e. The monoisotopic (exact) mass is 401 g/mol. The van der Waals surface area contributed by atoms with Crippen LogP contribution in [-0.2, 0) is 9.59 Å². The zero-order chi connectivity index (χ0) is 21.5. The summed E-state index contributed by atoms with van der Waals surface area (Å²) in [5, 5.41) is 23.6. The number of rotatable bonds is 2. The predicted molar refractivity (Wildman–Crippen MR) is 113 cm³/mol. The van der Waals surface area contributed by atoms with E-state index in [1.54, 1.807) is 0 Å². The molecule has 3 N–H and O–H groups in total. The zero-order valence-corrected chi connectivity index (χ0v) is 18.2.